The normalized spacial score (nSPS) is 48.0. The van der Waals surface area contributed by atoms with E-state index in [0.717, 1.165) is 12.1 Å². The van der Waals surface area contributed by atoms with Crippen molar-refractivity contribution in [1.29, 1.82) is 0 Å². The van der Waals surface area contributed by atoms with Gasteiger partial charge in [-0.15, -0.1) is 0 Å². The molecule has 0 aromatic heterocycles. The predicted molar refractivity (Wildman–Crippen MR) is 44.9 cm³/mol. The molecule has 10 heavy (non-hydrogen) atoms. The van der Waals surface area contributed by atoms with Crippen LogP contribution in [0.25, 0.3) is 0 Å². The summed E-state index contributed by atoms with van der Waals surface area (Å²) in [6, 6.07) is 1.78. The average Bonchev–Trinajstić information content (AvgIpc) is 2.18. The van der Waals surface area contributed by atoms with E-state index < -0.39 is 0 Å². The largest absolute Gasteiger partial charge is 0.322 e. The average molecular weight is 142 g/mol. The fraction of sp³-hybridized carbons (Fsp3) is 1.00. The zero-order valence-electron chi connectivity index (χ0n) is 7.72. The molecule has 1 aliphatic heterocycles. The Morgan fingerprint density at radius 2 is 1.60 bits per heavy atom. The first kappa shape index (κ1) is 8.06. The van der Waals surface area contributed by atoms with Crippen molar-refractivity contribution in [2.75, 3.05) is 13.6 Å². The first-order valence-electron chi connectivity index (χ1n) is 4.46. The molecular formula is C9H20N+. The summed E-state index contributed by atoms with van der Waals surface area (Å²) < 4.78 is 1.29. The maximum atomic E-state index is 2.39. The van der Waals surface area contributed by atoms with Crippen LogP contribution in [0.15, 0.2) is 0 Å². The summed E-state index contributed by atoms with van der Waals surface area (Å²) in [4.78, 5) is 0. The van der Waals surface area contributed by atoms with Crippen LogP contribution < -0.4 is 0 Å². The third-order valence-corrected chi connectivity index (χ3v) is 3.70. The van der Waals surface area contributed by atoms with Gasteiger partial charge in [-0.25, -0.2) is 0 Å². The Morgan fingerprint density at radius 1 is 1.20 bits per heavy atom. The molecule has 0 radical (unpaired) electrons. The van der Waals surface area contributed by atoms with Gasteiger partial charge in [0.05, 0.1) is 25.7 Å². The quantitative estimate of drug-likeness (QED) is 0.491. The van der Waals surface area contributed by atoms with E-state index in [0.29, 0.717) is 0 Å². The van der Waals surface area contributed by atoms with E-state index in [1.54, 1.807) is 0 Å². The highest BCUT2D eigenvalue weighted by atomic mass is 15.4. The minimum atomic E-state index is 0.889. The standard InChI is InChI=1S/C9H20N/c1-5-10(4)8(2)6-7-9(10)3/h8-9H,5-7H2,1-4H3/q+1. The van der Waals surface area contributed by atoms with Crippen LogP contribution in [0.3, 0.4) is 0 Å². The molecule has 2 unspecified atom stereocenters. The minimum Gasteiger partial charge on any atom is -0.322 e. The van der Waals surface area contributed by atoms with E-state index >= 15 is 0 Å². The molecule has 0 N–H and O–H groups in total. The van der Waals surface area contributed by atoms with Crippen LogP contribution in [0.5, 0.6) is 0 Å². The van der Waals surface area contributed by atoms with Crippen molar-refractivity contribution >= 4 is 0 Å². The molecule has 60 valence electrons. The lowest BCUT2D eigenvalue weighted by Gasteiger charge is -2.37. The molecule has 0 bridgehead atoms. The molecule has 0 aromatic carbocycles. The van der Waals surface area contributed by atoms with Crippen molar-refractivity contribution < 1.29 is 4.48 Å². The maximum Gasteiger partial charge on any atom is 0.0863 e. The first-order chi connectivity index (χ1) is 4.61. The summed E-state index contributed by atoms with van der Waals surface area (Å²) in [6.45, 7) is 8.36. The number of likely N-dealkylation sites (tertiary alicyclic amines) is 1. The van der Waals surface area contributed by atoms with Crippen LogP contribution in [-0.2, 0) is 0 Å². The Morgan fingerprint density at radius 3 is 1.80 bits per heavy atom. The van der Waals surface area contributed by atoms with Gasteiger partial charge < -0.3 is 4.48 Å². The molecule has 0 spiro atoms. The van der Waals surface area contributed by atoms with Gasteiger partial charge >= 0.3 is 0 Å². The van der Waals surface area contributed by atoms with E-state index in [-0.39, 0.29) is 0 Å². The second-order valence-corrected chi connectivity index (χ2v) is 3.94. The van der Waals surface area contributed by atoms with Gasteiger partial charge in [-0.1, -0.05) is 0 Å². The highest BCUT2D eigenvalue weighted by Gasteiger charge is 2.39. The lowest BCUT2D eigenvalue weighted by molar-refractivity contribution is -0.938. The summed E-state index contributed by atoms with van der Waals surface area (Å²) in [5, 5.41) is 0. The molecule has 1 rings (SSSR count). The third-order valence-electron chi connectivity index (χ3n) is 3.70. The monoisotopic (exact) mass is 142 g/mol. The molecule has 1 heteroatoms. The zero-order chi connectivity index (χ0) is 7.78. The van der Waals surface area contributed by atoms with Gasteiger partial charge in [0.25, 0.3) is 0 Å². The fourth-order valence-corrected chi connectivity index (χ4v) is 2.13. The number of hydrogen-bond donors (Lipinski definition) is 0. The molecule has 0 saturated carbocycles. The fourth-order valence-electron chi connectivity index (χ4n) is 2.13. The van der Waals surface area contributed by atoms with Crippen molar-refractivity contribution in [2.45, 2.75) is 45.7 Å². The van der Waals surface area contributed by atoms with Gasteiger partial charge in [-0.05, 0) is 20.8 Å². The number of nitrogens with zero attached hydrogens (tertiary/aromatic N) is 1. The topological polar surface area (TPSA) is 0 Å². The van der Waals surface area contributed by atoms with Crippen molar-refractivity contribution in [2.24, 2.45) is 0 Å². The molecule has 1 aliphatic rings. The zero-order valence-corrected chi connectivity index (χ0v) is 7.72. The lowest BCUT2D eigenvalue weighted by Crippen LogP contribution is -2.50. The number of rotatable bonds is 1. The van der Waals surface area contributed by atoms with Crippen molar-refractivity contribution in [3.8, 4) is 0 Å². The van der Waals surface area contributed by atoms with Crippen LogP contribution >= 0.6 is 0 Å². The molecule has 1 nitrogen and oxygen atoms in total. The molecule has 2 atom stereocenters. The smallest absolute Gasteiger partial charge is 0.0863 e. The highest BCUT2D eigenvalue weighted by molar-refractivity contribution is 4.68. The van der Waals surface area contributed by atoms with E-state index in [1.807, 2.05) is 0 Å². The van der Waals surface area contributed by atoms with Gasteiger partial charge in [-0.3, -0.25) is 0 Å². The summed E-state index contributed by atoms with van der Waals surface area (Å²) in [5.74, 6) is 0. The van der Waals surface area contributed by atoms with E-state index in [9.17, 15) is 0 Å². The van der Waals surface area contributed by atoms with Gasteiger partial charge in [-0.2, -0.15) is 0 Å². The third kappa shape index (κ3) is 0.968. The second-order valence-electron chi connectivity index (χ2n) is 3.94. The predicted octanol–water partition coefficient (Wildman–Crippen LogP) is 2.02. The van der Waals surface area contributed by atoms with Crippen molar-refractivity contribution in [3.63, 3.8) is 0 Å². The van der Waals surface area contributed by atoms with Crippen LogP contribution in [0, 0.1) is 0 Å². The highest BCUT2D eigenvalue weighted by Crippen LogP contribution is 2.29. The summed E-state index contributed by atoms with van der Waals surface area (Å²) in [5.41, 5.74) is 0. The Kier molecular flexibility index (Phi) is 2.04. The van der Waals surface area contributed by atoms with Crippen LogP contribution in [-0.4, -0.2) is 30.2 Å². The molecular weight excluding hydrogens is 122 g/mol. The van der Waals surface area contributed by atoms with Crippen LogP contribution in [0.1, 0.15) is 33.6 Å². The maximum absolute atomic E-state index is 2.39. The van der Waals surface area contributed by atoms with E-state index in [1.165, 1.54) is 23.9 Å². The number of hydrogen-bond acceptors (Lipinski definition) is 0. The summed E-state index contributed by atoms with van der Waals surface area (Å²) >= 11 is 0. The minimum absolute atomic E-state index is 0.889. The van der Waals surface area contributed by atoms with Gasteiger partial charge in [0.1, 0.15) is 0 Å². The Bertz CT molecular complexity index is 110. The Labute approximate surface area is 64.6 Å². The van der Waals surface area contributed by atoms with E-state index in [2.05, 4.69) is 27.8 Å². The number of quaternary nitrogens is 1. The lowest BCUT2D eigenvalue weighted by atomic mass is 10.2. The first-order valence-corrected chi connectivity index (χ1v) is 4.46. The van der Waals surface area contributed by atoms with Gasteiger partial charge in [0, 0.05) is 12.8 Å². The Balaban J connectivity index is 2.70. The van der Waals surface area contributed by atoms with E-state index in [4.69, 9.17) is 0 Å². The summed E-state index contributed by atoms with van der Waals surface area (Å²) in [6.07, 6.45) is 2.84. The molecule has 0 aliphatic carbocycles. The van der Waals surface area contributed by atoms with Gasteiger partial charge in [0.2, 0.25) is 0 Å². The molecule has 0 amide bonds. The second kappa shape index (κ2) is 2.54. The molecule has 0 aromatic rings. The van der Waals surface area contributed by atoms with Crippen LogP contribution in [0.2, 0.25) is 0 Å². The molecule has 1 fully saturated rings. The van der Waals surface area contributed by atoms with Crippen LogP contribution in [0.4, 0.5) is 0 Å². The molecule has 1 saturated heterocycles. The molecule has 1 heterocycles. The Hall–Kier alpha value is -0.0400. The SMILES string of the molecule is CC[N+]1(C)C(C)CCC1C. The van der Waals surface area contributed by atoms with Crippen molar-refractivity contribution in [3.05, 3.63) is 0 Å². The van der Waals surface area contributed by atoms with Crippen molar-refractivity contribution in [1.82, 2.24) is 0 Å². The van der Waals surface area contributed by atoms with Gasteiger partial charge in [0.15, 0.2) is 0 Å². The summed E-state index contributed by atoms with van der Waals surface area (Å²) in [7, 11) is 2.39.